The molecule has 0 amide bonds. The smallest absolute Gasteiger partial charge is 0.311 e. The first-order valence-electron chi connectivity index (χ1n) is 7.39. The first-order valence-corrected chi connectivity index (χ1v) is 7.39. The molecule has 1 N–H and O–H groups in total. The monoisotopic (exact) mass is 295 g/mol. The molecule has 1 saturated heterocycles. The highest BCUT2D eigenvalue weighted by Gasteiger charge is 2.33. The third-order valence-electron chi connectivity index (χ3n) is 3.67. The minimum Gasteiger partial charge on any atom is -0.311 e. The van der Waals surface area contributed by atoms with Gasteiger partial charge in [0, 0.05) is 44.3 Å². The van der Waals surface area contributed by atoms with E-state index in [1.165, 1.54) is 4.90 Å². The van der Waals surface area contributed by atoms with Crippen molar-refractivity contribution in [2.45, 2.75) is 51.9 Å². The van der Waals surface area contributed by atoms with E-state index in [1.54, 1.807) is 0 Å². The van der Waals surface area contributed by atoms with Gasteiger partial charge in [-0.3, -0.25) is 9.80 Å². The summed E-state index contributed by atoms with van der Waals surface area (Å²) in [4.78, 5) is 3.81. The van der Waals surface area contributed by atoms with Crippen molar-refractivity contribution in [3.63, 3.8) is 0 Å². The van der Waals surface area contributed by atoms with Gasteiger partial charge in [-0.2, -0.15) is 13.2 Å². The Morgan fingerprint density at radius 3 is 2.00 bits per heavy atom. The van der Waals surface area contributed by atoms with Crippen molar-refractivity contribution in [2.75, 3.05) is 39.3 Å². The average molecular weight is 295 g/mol. The van der Waals surface area contributed by atoms with Gasteiger partial charge in [0.15, 0.2) is 0 Å². The van der Waals surface area contributed by atoms with E-state index in [4.69, 9.17) is 0 Å². The predicted molar refractivity (Wildman–Crippen MR) is 75.9 cm³/mol. The van der Waals surface area contributed by atoms with E-state index in [2.05, 4.69) is 37.9 Å². The molecule has 0 aromatic heterocycles. The molecule has 0 spiro atoms. The van der Waals surface area contributed by atoms with Crippen LogP contribution in [0.1, 0.15) is 34.1 Å². The van der Waals surface area contributed by atoms with E-state index in [1.807, 2.05) is 0 Å². The molecule has 1 aliphatic heterocycles. The van der Waals surface area contributed by atoms with Crippen LogP contribution in [0.15, 0.2) is 0 Å². The van der Waals surface area contributed by atoms with Crippen molar-refractivity contribution in [3.8, 4) is 0 Å². The van der Waals surface area contributed by atoms with Crippen LogP contribution in [0.3, 0.4) is 0 Å². The van der Waals surface area contributed by atoms with E-state index in [9.17, 15) is 13.2 Å². The lowest BCUT2D eigenvalue weighted by Crippen LogP contribution is -2.55. The van der Waals surface area contributed by atoms with Gasteiger partial charge in [0.05, 0.1) is 6.54 Å². The Bertz CT molecular complexity index is 278. The normalized spacial score (nSPS) is 21.1. The number of nitrogens with one attached hydrogen (secondary N) is 1. The van der Waals surface area contributed by atoms with Crippen LogP contribution in [0, 0.1) is 0 Å². The standard InChI is InChI=1S/C14H28F3N3/c1-5-12(10-18-13(2,3)4)20-8-6-19(7-9-20)11-14(15,16)17/h12,18H,5-11H2,1-4H3. The van der Waals surface area contributed by atoms with E-state index < -0.39 is 12.7 Å². The summed E-state index contributed by atoms with van der Waals surface area (Å²) in [7, 11) is 0. The van der Waals surface area contributed by atoms with Gasteiger partial charge >= 0.3 is 6.18 Å². The zero-order valence-corrected chi connectivity index (χ0v) is 13.1. The minimum atomic E-state index is -4.08. The summed E-state index contributed by atoms with van der Waals surface area (Å²) in [6, 6.07) is 0.405. The zero-order valence-electron chi connectivity index (χ0n) is 13.1. The second kappa shape index (κ2) is 7.09. The zero-order chi connectivity index (χ0) is 15.4. The van der Waals surface area contributed by atoms with Gasteiger partial charge in [-0.15, -0.1) is 0 Å². The Morgan fingerprint density at radius 1 is 1.05 bits per heavy atom. The molecule has 1 unspecified atom stereocenters. The van der Waals surface area contributed by atoms with Crippen LogP contribution in [0.4, 0.5) is 13.2 Å². The van der Waals surface area contributed by atoms with Crippen LogP contribution < -0.4 is 5.32 Å². The van der Waals surface area contributed by atoms with Gasteiger partial charge in [0.1, 0.15) is 0 Å². The first-order chi connectivity index (χ1) is 9.11. The number of hydrogen-bond donors (Lipinski definition) is 1. The predicted octanol–water partition coefficient (Wildman–Crippen LogP) is 2.33. The quantitative estimate of drug-likeness (QED) is 0.840. The van der Waals surface area contributed by atoms with E-state index >= 15 is 0 Å². The number of halogens is 3. The molecule has 0 radical (unpaired) electrons. The van der Waals surface area contributed by atoms with Crippen molar-refractivity contribution in [1.29, 1.82) is 0 Å². The number of piperazine rings is 1. The maximum absolute atomic E-state index is 12.3. The maximum atomic E-state index is 12.3. The second-order valence-corrected chi connectivity index (χ2v) is 6.62. The molecule has 20 heavy (non-hydrogen) atoms. The molecule has 1 fully saturated rings. The Balaban J connectivity index is 2.38. The number of rotatable bonds is 5. The Hall–Kier alpha value is -0.330. The summed E-state index contributed by atoms with van der Waals surface area (Å²) >= 11 is 0. The summed E-state index contributed by atoms with van der Waals surface area (Å²) in [5.41, 5.74) is 0.0749. The lowest BCUT2D eigenvalue weighted by atomic mass is 10.1. The molecule has 120 valence electrons. The van der Waals surface area contributed by atoms with E-state index in [-0.39, 0.29) is 5.54 Å². The molecule has 0 aromatic rings. The molecule has 6 heteroatoms. The molecule has 1 rings (SSSR count). The number of alkyl halides is 3. The minimum absolute atomic E-state index is 0.0749. The van der Waals surface area contributed by atoms with Crippen LogP contribution in [0.5, 0.6) is 0 Å². The molecule has 1 aliphatic rings. The van der Waals surface area contributed by atoms with Crippen molar-refractivity contribution in [1.82, 2.24) is 15.1 Å². The molecule has 3 nitrogen and oxygen atoms in total. The van der Waals surface area contributed by atoms with E-state index in [0.717, 1.165) is 26.1 Å². The lowest BCUT2D eigenvalue weighted by Gasteiger charge is -2.40. The van der Waals surface area contributed by atoms with Crippen molar-refractivity contribution < 1.29 is 13.2 Å². The fraction of sp³-hybridized carbons (Fsp3) is 1.00. The highest BCUT2D eigenvalue weighted by molar-refractivity contribution is 4.82. The van der Waals surface area contributed by atoms with Crippen LogP contribution in [0.2, 0.25) is 0 Å². The Labute approximate surface area is 120 Å². The second-order valence-electron chi connectivity index (χ2n) is 6.62. The van der Waals surface area contributed by atoms with Gasteiger partial charge in [0.25, 0.3) is 0 Å². The Kier molecular flexibility index (Phi) is 6.28. The van der Waals surface area contributed by atoms with Crippen molar-refractivity contribution in [2.24, 2.45) is 0 Å². The maximum Gasteiger partial charge on any atom is 0.401 e. The Morgan fingerprint density at radius 2 is 1.60 bits per heavy atom. The van der Waals surface area contributed by atoms with Crippen LogP contribution in [-0.2, 0) is 0 Å². The summed E-state index contributed by atoms with van der Waals surface area (Å²) in [6.07, 6.45) is -3.07. The largest absolute Gasteiger partial charge is 0.401 e. The SMILES string of the molecule is CCC(CNC(C)(C)C)N1CCN(CC(F)(F)F)CC1. The summed E-state index contributed by atoms with van der Waals surface area (Å²) < 4.78 is 37.0. The summed E-state index contributed by atoms with van der Waals surface area (Å²) in [5.74, 6) is 0. The molecular weight excluding hydrogens is 267 g/mol. The summed E-state index contributed by atoms with van der Waals surface area (Å²) in [6.45, 7) is 11.1. The van der Waals surface area contributed by atoms with Gasteiger partial charge < -0.3 is 5.32 Å². The lowest BCUT2D eigenvalue weighted by molar-refractivity contribution is -0.149. The van der Waals surface area contributed by atoms with Crippen LogP contribution in [0.25, 0.3) is 0 Å². The third kappa shape index (κ3) is 6.90. The fourth-order valence-electron chi connectivity index (χ4n) is 2.50. The molecule has 0 aliphatic carbocycles. The van der Waals surface area contributed by atoms with Crippen molar-refractivity contribution in [3.05, 3.63) is 0 Å². The van der Waals surface area contributed by atoms with Gasteiger partial charge in [0.2, 0.25) is 0 Å². The highest BCUT2D eigenvalue weighted by Crippen LogP contribution is 2.18. The molecule has 0 aromatic carbocycles. The topological polar surface area (TPSA) is 18.5 Å². The van der Waals surface area contributed by atoms with Gasteiger partial charge in [-0.1, -0.05) is 6.92 Å². The molecule has 0 bridgehead atoms. The van der Waals surface area contributed by atoms with E-state index in [0.29, 0.717) is 19.1 Å². The van der Waals surface area contributed by atoms with Gasteiger partial charge in [-0.05, 0) is 27.2 Å². The summed E-state index contributed by atoms with van der Waals surface area (Å²) in [5, 5.41) is 3.48. The number of nitrogens with zero attached hydrogens (tertiary/aromatic N) is 2. The molecular formula is C14H28F3N3. The molecule has 1 heterocycles. The van der Waals surface area contributed by atoms with Gasteiger partial charge in [-0.25, -0.2) is 0 Å². The van der Waals surface area contributed by atoms with Crippen LogP contribution in [-0.4, -0.2) is 66.8 Å². The van der Waals surface area contributed by atoms with Crippen molar-refractivity contribution >= 4 is 0 Å². The first kappa shape index (κ1) is 17.7. The molecule has 1 atom stereocenters. The third-order valence-corrected chi connectivity index (χ3v) is 3.67. The fourth-order valence-corrected chi connectivity index (χ4v) is 2.50. The average Bonchev–Trinajstić information content (AvgIpc) is 2.28. The highest BCUT2D eigenvalue weighted by atomic mass is 19.4. The van der Waals surface area contributed by atoms with Crippen LogP contribution >= 0.6 is 0 Å². The number of hydrogen-bond acceptors (Lipinski definition) is 3. The molecule has 0 saturated carbocycles.